The Morgan fingerprint density at radius 1 is 1.13 bits per heavy atom. The molecule has 0 bridgehead atoms. The molecule has 1 saturated carbocycles. The summed E-state index contributed by atoms with van der Waals surface area (Å²) in [6.45, 7) is 2.30. The van der Waals surface area contributed by atoms with Gasteiger partial charge in [-0.3, -0.25) is 9.59 Å². The van der Waals surface area contributed by atoms with Crippen LogP contribution < -0.4 is 10.2 Å². The maximum atomic E-state index is 13.1. The number of thioether (sulfide) groups is 1. The summed E-state index contributed by atoms with van der Waals surface area (Å²) in [6, 6.07) is 16.4. The summed E-state index contributed by atoms with van der Waals surface area (Å²) in [6.07, 6.45) is 3.00. The number of aromatic nitrogens is 2. The maximum absolute atomic E-state index is 13.1. The Morgan fingerprint density at radius 2 is 1.90 bits per heavy atom. The largest absolute Gasteiger partial charge is 0.352 e. The predicted molar refractivity (Wildman–Crippen MR) is 119 cm³/mol. The van der Waals surface area contributed by atoms with Crippen LogP contribution >= 0.6 is 11.8 Å². The highest BCUT2D eigenvalue weighted by molar-refractivity contribution is 7.99. The van der Waals surface area contributed by atoms with Gasteiger partial charge >= 0.3 is 0 Å². The molecule has 1 aliphatic carbocycles. The minimum atomic E-state index is -0.00378. The summed E-state index contributed by atoms with van der Waals surface area (Å²) in [7, 11) is 0. The monoisotopic (exact) mass is 420 g/mol. The van der Waals surface area contributed by atoms with Crippen LogP contribution in [0.1, 0.15) is 25.3 Å². The number of anilines is 1. The lowest BCUT2D eigenvalue weighted by Crippen LogP contribution is -2.37. The molecule has 5 rings (SSSR count). The molecular formula is C23H24N4O2S. The maximum Gasteiger partial charge on any atom is 0.240 e. The molecule has 0 saturated heterocycles. The summed E-state index contributed by atoms with van der Waals surface area (Å²) >= 11 is 1.40. The Balaban J connectivity index is 1.35. The van der Waals surface area contributed by atoms with E-state index in [2.05, 4.69) is 18.3 Å². The molecule has 2 aliphatic rings. The third-order valence-corrected chi connectivity index (χ3v) is 6.63. The fourth-order valence-corrected chi connectivity index (χ4v) is 4.98. The number of carbonyl (C=O) groups excluding carboxylic acids is 2. The average Bonchev–Trinajstić information content (AvgIpc) is 3.38. The number of benzene rings is 2. The van der Waals surface area contributed by atoms with E-state index in [-0.39, 0.29) is 30.2 Å². The van der Waals surface area contributed by atoms with Gasteiger partial charge in [-0.05, 0) is 49.9 Å². The average molecular weight is 421 g/mol. The van der Waals surface area contributed by atoms with Crippen molar-refractivity contribution < 1.29 is 9.59 Å². The molecule has 2 aromatic carbocycles. The molecule has 2 heterocycles. The fraction of sp³-hybridized carbons (Fsp3) is 0.348. The van der Waals surface area contributed by atoms with Crippen molar-refractivity contribution in [3.05, 3.63) is 54.1 Å². The molecule has 3 aromatic rings. The molecule has 6 nitrogen and oxygen atoms in total. The van der Waals surface area contributed by atoms with Crippen molar-refractivity contribution in [2.24, 2.45) is 0 Å². The van der Waals surface area contributed by atoms with Crippen LogP contribution in [0.5, 0.6) is 0 Å². The van der Waals surface area contributed by atoms with Crippen molar-refractivity contribution in [3.63, 3.8) is 0 Å². The van der Waals surface area contributed by atoms with E-state index in [0.717, 1.165) is 36.0 Å². The zero-order valence-electron chi connectivity index (χ0n) is 16.9. The van der Waals surface area contributed by atoms with E-state index in [1.807, 2.05) is 51.9 Å². The second kappa shape index (κ2) is 7.80. The van der Waals surface area contributed by atoms with E-state index >= 15 is 0 Å². The number of nitrogens with one attached hydrogen (secondary N) is 1. The lowest BCUT2D eigenvalue weighted by molar-refractivity contribution is -0.121. The molecule has 1 N–H and O–H groups in total. The highest BCUT2D eigenvalue weighted by Gasteiger charge is 2.31. The molecule has 1 fully saturated rings. The van der Waals surface area contributed by atoms with Crippen LogP contribution in [0, 0.1) is 0 Å². The summed E-state index contributed by atoms with van der Waals surface area (Å²) in [4.78, 5) is 32.1. The van der Waals surface area contributed by atoms with Crippen LogP contribution in [-0.2, 0) is 22.6 Å². The van der Waals surface area contributed by atoms with Crippen LogP contribution in [0.25, 0.3) is 11.0 Å². The van der Waals surface area contributed by atoms with E-state index in [4.69, 9.17) is 4.98 Å². The van der Waals surface area contributed by atoms with Gasteiger partial charge in [-0.2, -0.15) is 0 Å². The number of nitrogens with zero attached hydrogens (tertiary/aromatic N) is 3. The molecule has 0 radical (unpaired) electrons. The fourth-order valence-electron chi connectivity index (χ4n) is 4.10. The molecule has 0 spiro atoms. The predicted octanol–water partition coefficient (Wildman–Crippen LogP) is 3.38. The van der Waals surface area contributed by atoms with Gasteiger partial charge in [0, 0.05) is 17.8 Å². The Morgan fingerprint density at radius 3 is 2.73 bits per heavy atom. The zero-order valence-corrected chi connectivity index (χ0v) is 17.7. The summed E-state index contributed by atoms with van der Waals surface area (Å²) in [5, 5.41) is 3.74. The van der Waals surface area contributed by atoms with E-state index in [1.165, 1.54) is 17.3 Å². The number of hydrogen-bond donors (Lipinski definition) is 1. The first-order valence-corrected chi connectivity index (χ1v) is 11.4. The molecule has 154 valence electrons. The lowest BCUT2D eigenvalue weighted by atomic mass is 10.1. The Labute approximate surface area is 179 Å². The van der Waals surface area contributed by atoms with Gasteiger partial charge in [0.2, 0.25) is 11.8 Å². The first-order chi connectivity index (χ1) is 14.6. The van der Waals surface area contributed by atoms with Gasteiger partial charge in [-0.25, -0.2) is 4.98 Å². The molecule has 1 aliphatic heterocycles. The quantitative estimate of drug-likeness (QED) is 0.621. The molecule has 30 heavy (non-hydrogen) atoms. The summed E-state index contributed by atoms with van der Waals surface area (Å²) < 4.78 is 1.92. The van der Waals surface area contributed by atoms with Crippen LogP contribution in [0.3, 0.4) is 0 Å². The Hall–Kier alpha value is -2.80. The van der Waals surface area contributed by atoms with E-state index < -0.39 is 0 Å². The molecule has 2 amide bonds. The lowest BCUT2D eigenvalue weighted by Gasteiger charge is -2.22. The van der Waals surface area contributed by atoms with Gasteiger partial charge in [-0.15, -0.1) is 0 Å². The molecule has 7 heteroatoms. The van der Waals surface area contributed by atoms with Gasteiger partial charge in [-0.1, -0.05) is 42.1 Å². The van der Waals surface area contributed by atoms with E-state index in [0.29, 0.717) is 11.2 Å². The minimum absolute atomic E-state index is 0.00378. The van der Waals surface area contributed by atoms with Crippen molar-refractivity contribution in [1.29, 1.82) is 0 Å². The van der Waals surface area contributed by atoms with Gasteiger partial charge < -0.3 is 14.8 Å². The van der Waals surface area contributed by atoms with Gasteiger partial charge in [0.1, 0.15) is 6.54 Å². The molecule has 1 aromatic heterocycles. The number of carbonyl (C=O) groups is 2. The Kier molecular flexibility index (Phi) is 4.98. The highest BCUT2D eigenvalue weighted by Crippen LogP contribution is 2.33. The topological polar surface area (TPSA) is 67.2 Å². The van der Waals surface area contributed by atoms with Crippen LogP contribution in [0.4, 0.5) is 5.69 Å². The normalized spacial score (nSPS) is 17.9. The number of fused-ring (bicyclic) bond motifs is 2. The van der Waals surface area contributed by atoms with Gasteiger partial charge in [0.25, 0.3) is 0 Å². The van der Waals surface area contributed by atoms with E-state index in [9.17, 15) is 9.59 Å². The van der Waals surface area contributed by atoms with Crippen LogP contribution in [0.15, 0.2) is 53.7 Å². The van der Waals surface area contributed by atoms with Crippen LogP contribution in [-0.4, -0.2) is 39.2 Å². The standard InChI is InChI=1S/C23H24N4O2S/c1-15-12-16-6-2-4-8-19(16)27(15)22(29)14-30-23-25-18-7-3-5-9-20(18)26(23)13-21(28)24-17-10-11-17/h2-9,15,17H,10-14H2,1H3,(H,24,28)/t15-/m1/s1. The first-order valence-electron chi connectivity index (χ1n) is 10.4. The third-order valence-electron chi connectivity index (χ3n) is 5.66. The molecule has 0 unspecified atom stereocenters. The third kappa shape index (κ3) is 3.69. The highest BCUT2D eigenvalue weighted by atomic mass is 32.2. The smallest absolute Gasteiger partial charge is 0.240 e. The number of rotatable bonds is 6. The van der Waals surface area contributed by atoms with Crippen LogP contribution in [0.2, 0.25) is 0 Å². The molecular weight excluding hydrogens is 396 g/mol. The van der Waals surface area contributed by atoms with Crippen molar-refractivity contribution in [2.45, 2.75) is 50.0 Å². The summed E-state index contributed by atoms with van der Waals surface area (Å²) in [5.41, 5.74) is 3.98. The summed E-state index contributed by atoms with van der Waals surface area (Å²) in [5.74, 6) is 0.348. The van der Waals surface area contributed by atoms with Gasteiger partial charge in [0.15, 0.2) is 5.16 Å². The van der Waals surface area contributed by atoms with Crippen molar-refractivity contribution in [3.8, 4) is 0 Å². The van der Waals surface area contributed by atoms with Gasteiger partial charge in [0.05, 0.1) is 16.8 Å². The van der Waals surface area contributed by atoms with Crippen molar-refractivity contribution in [1.82, 2.24) is 14.9 Å². The van der Waals surface area contributed by atoms with Crippen molar-refractivity contribution in [2.75, 3.05) is 10.7 Å². The number of amides is 2. The number of hydrogen-bond acceptors (Lipinski definition) is 4. The number of imidazole rings is 1. The minimum Gasteiger partial charge on any atom is -0.352 e. The number of para-hydroxylation sites is 3. The van der Waals surface area contributed by atoms with Crippen molar-refractivity contribution >= 4 is 40.3 Å². The molecule has 1 atom stereocenters. The second-order valence-corrected chi connectivity index (χ2v) is 8.99. The van der Waals surface area contributed by atoms with E-state index in [1.54, 1.807) is 0 Å². The Bertz CT molecular complexity index is 1120. The second-order valence-electron chi connectivity index (χ2n) is 8.05. The first kappa shape index (κ1) is 19.2. The SMILES string of the molecule is C[C@@H]1Cc2ccccc2N1C(=O)CSc1nc2ccccc2n1CC(=O)NC1CC1. The zero-order chi connectivity index (χ0) is 20.7.